The second-order valence-corrected chi connectivity index (χ2v) is 5.96. The van der Waals surface area contributed by atoms with E-state index in [0.29, 0.717) is 23.0 Å². The van der Waals surface area contributed by atoms with Crippen molar-refractivity contribution in [1.82, 2.24) is 0 Å². The minimum Gasteiger partial charge on any atom is -0.456 e. The van der Waals surface area contributed by atoms with Gasteiger partial charge in [-0.1, -0.05) is 30.5 Å². The Balaban J connectivity index is 1.76. The summed E-state index contributed by atoms with van der Waals surface area (Å²) in [5.41, 5.74) is 1.55. The van der Waals surface area contributed by atoms with Crippen molar-refractivity contribution in [2.24, 2.45) is 5.92 Å². The van der Waals surface area contributed by atoms with Crippen molar-refractivity contribution in [2.75, 3.05) is 11.9 Å². The standard InChI is InChI=1S/C16H20ClNO3/c1-11-6-7-13(17)9-14(11)18-15(19)10-21-16(20)8-12-4-2-3-5-12/h6-7,9,12H,2-5,8,10H2,1H3,(H,18,19). The Morgan fingerprint density at radius 3 is 2.76 bits per heavy atom. The van der Waals surface area contributed by atoms with Crippen LogP contribution in [0.25, 0.3) is 0 Å². The predicted molar refractivity (Wildman–Crippen MR) is 82.4 cm³/mol. The monoisotopic (exact) mass is 309 g/mol. The molecule has 4 nitrogen and oxygen atoms in total. The molecule has 0 heterocycles. The molecule has 2 rings (SSSR count). The molecule has 1 amide bonds. The molecule has 0 unspecified atom stereocenters. The van der Waals surface area contributed by atoms with Gasteiger partial charge in [-0.2, -0.15) is 0 Å². The van der Waals surface area contributed by atoms with Crippen molar-refractivity contribution in [1.29, 1.82) is 0 Å². The number of hydrogen-bond acceptors (Lipinski definition) is 3. The van der Waals surface area contributed by atoms with Crippen LogP contribution in [-0.2, 0) is 14.3 Å². The summed E-state index contributed by atoms with van der Waals surface area (Å²) in [6.07, 6.45) is 4.97. The average Bonchev–Trinajstić information content (AvgIpc) is 2.93. The van der Waals surface area contributed by atoms with E-state index in [1.54, 1.807) is 12.1 Å². The largest absolute Gasteiger partial charge is 0.456 e. The van der Waals surface area contributed by atoms with Gasteiger partial charge >= 0.3 is 5.97 Å². The fraction of sp³-hybridized carbons (Fsp3) is 0.500. The Labute approximate surface area is 129 Å². The van der Waals surface area contributed by atoms with E-state index < -0.39 is 0 Å². The molecule has 0 aromatic heterocycles. The number of halogens is 1. The summed E-state index contributed by atoms with van der Waals surface area (Å²) in [7, 11) is 0. The molecule has 0 bridgehead atoms. The van der Waals surface area contributed by atoms with Gasteiger partial charge in [0.05, 0.1) is 0 Å². The normalized spacial score (nSPS) is 15.0. The van der Waals surface area contributed by atoms with E-state index in [2.05, 4.69) is 5.32 Å². The van der Waals surface area contributed by atoms with Gasteiger partial charge in [-0.15, -0.1) is 0 Å². The lowest BCUT2D eigenvalue weighted by Crippen LogP contribution is -2.22. The van der Waals surface area contributed by atoms with Crippen molar-refractivity contribution >= 4 is 29.2 Å². The van der Waals surface area contributed by atoms with Crippen LogP contribution < -0.4 is 5.32 Å². The van der Waals surface area contributed by atoms with Gasteiger partial charge < -0.3 is 10.1 Å². The fourth-order valence-corrected chi connectivity index (χ4v) is 2.74. The Bertz CT molecular complexity index is 524. The number of rotatable bonds is 5. The predicted octanol–water partition coefficient (Wildman–Crippen LogP) is 3.71. The molecule has 0 spiro atoms. The van der Waals surface area contributed by atoms with Gasteiger partial charge in [-0.25, -0.2) is 0 Å². The summed E-state index contributed by atoms with van der Waals surface area (Å²) in [5.74, 6) is -0.212. The first kappa shape index (κ1) is 15.8. The van der Waals surface area contributed by atoms with Crippen molar-refractivity contribution in [3.05, 3.63) is 28.8 Å². The lowest BCUT2D eigenvalue weighted by molar-refractivity contribution is -0.148. The van der Waals surface area contributed by atoms with Crippen molar-refractivity contribution in [2.45, 2.75) is 39.0 Å². The van der Waals surface area contributed by atoms with E-state index in [1.807, 2.05) is 13.0 Å². The molecular formula is C16H20ClNO3. The second kappa shape index (κ2) is 7.46. The molecule has 0 radical (unpaired) electrons. The number of aryl methyl sites for hydroxylation is 1. The number of amides is 1. The van der Waals surface area contributed by atoms with E-state index in [1.165, 1.54) is 12.8 Å². The van der Waals surface area contributed by atoms with Gasteiger partial charge in [0.15, 0.2) is 6.61 Å². The van der Waals surface area contributed by atoms with Gasteiger partial charge in [-0.3, -0.25) is 9.59 Å². The first-order valence-electron chi connectivity index (χ1n) is 7.26. The van der Waals surface area contributed by atoms with Gasteiger partial charge in [0.1, 0.15) is 0 Å². The zero-order valence-electron chi connectivity index (χ0n) is 12.2. The molecule has 0 atom stereocenters. The van der Waals surface area contributed by atoms with Gasteiger partial charge in [0, 0.05) is 17.1 Å². The zero-order valence-corrected chi connectivity index (χ0v) is 12.9. The highest BCUT2D eigenvalue weighted by Gasteiger charge is 2.19. The Morgan fingerprint density at radius 1 is 1.33 bits per heavy atom. The van der Waals surface area contributed by atoms with Crippen LogP contribution in [0.15, 0.2) is 18.2 Å². The minimum absolute atomic E-state index is 0.252. The quantitative estimate of drug-likeness (QED) is 0.844. The molecule has 0 aliphatic heterocycles. The Hall–Kier alpha value is -1.55. The third kappa shape index (κ3) is 5.05. The summed E-state index contributed by atoms with van der Waals surface area (Å²) < 4.78 is 5.02. The molecule has 1 aromatic carbocycles. The molecule has 21 heavy (non-hydrogen) atoms. The maximum atomic E-state index is 11.8. The third-order valence-electron chi connectivity index (χ3n) is 3.77. The summed E-state index contributed by atoms with van der Waals surface area (Å²) in [6.45, 7) is 1.62. The van der Waals surface area contributed by atoms with E-state index in [-0.39, 0.29) is 18.5 Å². The summed E-state index contributed by atoms with van der Waals surface area (Å²) in [5, 5.41) is 3.25. The Morgan fingerprint density at radius 2 is 2.05 bits per heavy atom. The Kier molecular flexibility index (Phi) is 5.62. The van der Waals surface area contributed by atoms with Crippen LogP contribution in [-0.4, -0.2) is 18.5 Å². The van der Waals surface area contributed by atoms with Crippen molar-refractivity contribution in [3.63, 3.8) is 0 Å². The van der Waals surface area contributed by atoms with E-state index in [9.17, 15) is 9.59 Å². The van der Waals surface area contributed by atoms with Crippen LogP contribution in [0.4, 0.5) is 5.69 Å². The summed E-state index contributed by atoms with van der Waals surface area (Å²) in [6, 6.07) is 5.26. The topological polar surface area (TPSA) is 55.4 Å². The van der Waals surface area contributed by atoms with Gasteiger partial charge in [-0.05, 0) is 43.4 Å². The van der Waals surface area contributed by atoms with E-state index >= 15 is 0 Å². The maximum absolute atomic E-state index is 11.8. The minimum atomic E-state index is -0.347. The zero-order chi connectivity index (χ0) is 15.2. The molecule has 0 saturated heterocycles. The average molecular weight is 310 g/mol. The molecule has 1 fully saturated rings. The van der Waals surface area contributed by atoms with Crippen LogP contribution in [0.3, 0.4) is 0 Å². The van der Waals surface area contributed by atoms with E-state index in [0.717, 1.165) is 18.4 Å². The number of carbonyl (C=O) groups is 2. The molecule has 5 heteroatoms. The highest BCUT2D eigenvalue weighted by molar-refractivity contribution is 6.31. The molecule has 1 aliphatic carbocycles. The number of benzene rings is 1. The number of carbonyl (C=O) groups excluding carboxylic acids is 2. The summed E-state index contributed by atoms with van der Waals surface area (Å²) in [4.78, 5) is 23.4. The maximum Gasteiger partial charge on any atom is 0.306 e. The molecule has 1 aliphatic rings. The molecule has 1 N–H and O–H groups in total. The van der Waals surface area contributed by atoms with Crippen LogP contribution in [0, 0.1) is 12.8 Å². The number of esters is 1. The molecule has 1 aromatic rings. The van der Waals surface area contributed by atoms with Crippen LogP contribution in [0.5, 0.6) is 0 Å². The smallest absolute Gasteiger partial charge is 0.306 e. The van der Waals surface area contributed by atoms with Gasteiger partial charge in [0.25, 0.3) is 5.91 Å². The number of anilines is 1. The van der Waals surface area contributed by atoms with Crippen molar-refractivity contribution in [3.8, 4) is 0 Å². The van der Waals surface area contributed by atoms with Crippen LogP contribution in [0.2, 0.25) is 5.02 Å². The number of nitrogens with one attached hydrogen (secondary N) is 1. The molecule has 114 valence electrons. The molecule has 1 saturated carbocycles. The number of ether oxygens (including phenoxy) is 1. The van der Waals surface area contributed by atoms with Crippen molar-refractivity contribution < 1.29 is 14.3 Å². The molecular weight excluding hydrogens is 290 g/mol. The van der Waals surface area contributed by atoms with Crippen LogP contribution >= 0.6 is 11.6 Å². The van der Waals surface area contributed by atoms with Gasteiger partial charge in [0.2, 0.25) is 0 Å². The third-order valence-corrected chi connectivity index (χ3v) is 4.00. The second-order valence-electron chi connectivity index (χ2n) is 5.52. The van der Waals surface area contributed by atoms with Crippen LogP contribution in [0.1, 0.15) is 37.7 Å². The first-order chi connectivity index (χ1) is 10.0. The highest BCUT2D eigenvalue weighted by atomic mass is 35.5. The highest BCUT2D eigenvalue weighted by Crippen LogP contribution is 2.27. The fourth-order valence-electron chi connectivity index (χ4n) is 2.57. The SMILES string of the molecule is Cc1ccc(Cl)cc1NC(=O)COC(=O)CC1CCCC1. The lowest BCUT2D eigenvalue weighted by atomic mass is 10.1. The lowest BCUT2D eigenvalue weighted by Gasteiger charge is -2.11. The number of hydrogen-bond donors (Lipinski definition) is 1. The summed E-state index contributed by atoms with van der Waals surface area (Å²) >= 11 is 5.89. The van der Waals surface area contributed by atoms with E-state index in [4.69, 9.17) is 16.3 Å². The first-order valence-corrected chi connectivity index (χ1v) is 7.64.